The van der Waals surface area contributed by atoms with Gasteiger partial charge in [0, 0.05) is 23.1 Å². The van der Waals surface area contributed by atoms with Crippen molar-refractivity contribution in [2.24, 2.45) is 5.92 Å². The number of ether oxygens (including phenoxy) is 1. The van der Waals surface area contributed by atoms with Crippen LogP contribution in [0.2, 0.25) is 0 Å². The Bertz CT molecular complexity index is 892. The number of carbonyl (C=O) groups excluding carboxylic acids is 1. The van der Waals surface area contributed by atoms with Crippen LogP contribution in [0.3, 0.4) is 0 Å². The van der Waals surface area contributed by atoms with Gasteiger partial charge in [0.1, 0.15) is 17.7 Å². The van der Waals surface area contributed by atoms with Crippen LogP contribution in [0.5, 0.6) is 5.75 Å². The molecule has 1 amide bonds. The number of benzene rings is 1. The lowest BCUT2D eigenvalue weighted by atomic mass is 10.1. The third-order valence-corrected chi connectivity index (χ3v) is 4.90. The van der Waals surface area contributed by atoms with Gasteiger partial charge in [-0.1, -0.05) is 74.9 Å². The van der Waals surface area contributed by atoms with Crippen LogP contribution in [0.4, 0.5) is 0 Å². The number of nitrogens with one attached hydrogen (secondary N) is 2. The van der Waals surface area contributed by atoms with Crippen molar-refractivity contribution in [3.63, 3.8) is 0 Å². The Morgan fingerprint density at radius 2 is 1.87 bits per heavy atom. The van der Waals surface area contributed by atoms with Crippen LogP contribution >= 0.6 is 11.6 Å². The van der Waals surface area contributed by atoms with E-state index in [4.69, 9.17) is 16.3 Å². The predicted octanol–water partition coefficient (Wildman–Crippen LogP) is 6.43. The number of allylic oxidation sites excluding steroid dienone is 10. The largest absolute Gasteiger partial charge is 0.462 e. The number of hydrogen-bond acceptors (Lipinski definition) is 3. The van der Waals surface area contributed by atoms with Crippen LogP contribution in [-0.4, -0.2) is 6.41 Å². The van der Waals surface area contributed by atoms with Gasteiger partial charge < -0.3 is 15.4 Å². The van der Waals surface area contributed by atoms with Crippen molar-refractivity contribution in [2.75, 3.05) is 0 Å². The van der Waals surface area contributed by atoms with Gasteiger partial charge in [-0.3, -0.25) is 4.79 Å². The standard InChI is InChI=1S/C24H25ClN2O2.C2H6/c1-18-9-12-20(25)13-16-23(18)27-24(26-17-28)19-10-14-22(15-11-19)29-21-7-5-3-2-4-6-8-21;1-2/h2-5,8-18,24,27H,6-7H2,1H3,(H,26,28);1-2H3/b4-2?,5-3-,21-8+;. The lowest BCUT2D eigenvalue weighted by molar-refractivity contribution is -0.110. The van der Waals surface area contributed by atoms with Gasteiger partial charge in [0.2, 0.25) is 6.41 Å². The Hall–Kier alpha value is -2.98. The number of carbonyl (C=O) groups is 1. The van der Waals surface area contributed by atoms with E-state index in [2.05, 4.69) is 35.8 Å². The number of rotatable bonds is 7. The van der Waals surface area contributed by atoms with E-state index in [0.29, 0.717) is 11.4 Å². The smallest absolute Gasteiger partial charge is 0.208 e. The minimum atomic E-state index is -0.359. The molecule has 2 N–H and O–H groups in total. The van der Waals surface area contributed by atoms with Gasteiger partial charge in [0.15, 0.2) is 0 Å². The van der Waals surface area contributed by atoms with Crippen LogP contribution in [0.1, 0.15) is 45.3 Å². The Morgan fingerprint density at radius 3 is 2.61 bits per heavy atom. The number of amides is 1. The topological polar surface area (TPSA) is 50.4 Å². The lowest BCUT2D eigenvalue weighted by Crippen LogP contribution is -2.34. The van der Waals surface area contributed by atoms with E-state index in [9.17, 15) is 4.79 Å². The molecule has 31 heavy (non-hydrogen) atoms. The fourth-order valence-electron chi connectivity index (χ4n) is 3.02. The third-order valence-electron chi connectivity index (χ3n) is 4.65. The molecule has 0 saturated carbocycles. The highest BCUT2D eigenvalue weighted by molar-refractivity contribution is 6.31. The fraction of sp³-hybridized carbons (Fsp3) is 0.269. The maximum Gasteiger partial charge on any atom is 0.208 e. The maximum absolute atomic E-state index is 11.2. The van der Waals surface area contributed by atoms with Gasteiger partial charge in [0.05, 0.1) is 0 Å². The van der Waals surface area contributed by atoms with E-state index in [1.165, 1.54) is 0 Å². The van der Waals surface area contributed by atoms with Crippen molar-refractivity contribution in [3.05, 3.63) is 101 Å². The van der Waals surface area contributed by atoms with Crippen molar-refractivity contribution >= 4 is 18.0 Å². The van der Waals surface area contributed by atoms with Gasteiger partial charge in [-0.05, 0) is 48.4 Å². The summed E-state index contributed by atoms with van der Waals surface area (Å²) in [4.78, 5) is 11.2. The minimum Gasteiger partial charge on any atom is -0.462 e. The van der Waals surface area contributed by atoms with Crippen LogP contribution in [0, 0.1) is 5.92 Å². The van der Waals surface area contributed by atoms with E-state index in [0.717, 1.165) is 35.6 Å². The van der Waals surface area contributed by atoms with Crippen molar-refractivity contribution in [1.29, 1.82) is 0 Å². The number of hydrogen-bond donors (Lipinski definition) is 2. The molecule has 1 aromatic rings. The van der Waals surface area contributed by atoms with Crippen molar-refractivity contribution in [3.8, 4) is 5.75 Å². The second-order valence-corrected chi connectivity index (χ2v) is 7.26. The second-order valence-electron chi connectivity index (χ2n) is 6.82. The summed E-state index contributed by atoms with van der Waals surface area (Å²) >= 11 is 6.09. The summed E-state index contributed by atoms with van der Waals surface area (Å²) in [5.74, 6) is 1.84. The summed E-state index contributed by atoms with van der Waals surface area (Å²) in [5, 5.41) is 6.90. The van der Waals surface area contributed by atoms with E-state index >= 15 is 0 Å². The Labute approximate surface area is 190 Å². The predicted molar refractivity (Wildman–Crippen MR) is 129 cm³/mol. The first-order valence-electron chi connectivity index (χ1n) is 10.7. The molecule has 164 valence electrons. The summed E-state index contributed by atoms with van der Waals surface area (Å²) in [6.07, 6.45) is 19.9. The molecule has 3 rings (SSSR count). The fourth-order valence-corrected chi connectivity index (χ4v) is 3.15. The molecular formula is C26H31ClN2O2. The van der Waals surface area contributed by atoms with Gasteiger partial charge in [-0.25, -0.2) is 0 Å². The Morgan fingerprint density at radius 1 is 1.13 bits per heavy atom. The SMILES string of the molecule is CC.CC1C=CC(Cl)=CC=C1NC(NC=O)c1ccc(O/C2=C/CC=C/C=C\C2)cc1. The van der Waals surface area contributed by atoms with Crippen LogP contribution in [0.25, 0.3) is 0 Å². The second kappa shape index (κ2) is 13.3. The molecule has 0 spiro atoms. The highest BCUT2D eigenvalue weighted by atomic mass is 35.5. The molecule has 0 aliphatic heterocycles. The molecule has 0 radical (unpaired) electrons. The van der Waals surface area contributed by atoms with Crippen LogP contribution in [0.15, 0.2) is 95.4 Å². The van der Waals surface area contributed by atoms with Gasteiger partial charge in [-0.15, -0.1) is 0 Å². The monoisotopic (exact) mass is 438 g/mol. The zero-order valence-electron chi connectivity index (χ0n) is 18.3. The molecule has 0 aromatic heterocycles. The molecular weight excluding hydrogens is 408 g/mol. The first kappa shape index (κ1) is 24.3. The first-order valence-corrected chi connectivity index (χ1v) is 11.0. The summed E-state index contributed by atoms with van der Waals surface area (Å²) in [6, 6.07) is 7.72. The molecule has 0 heterocycles. The van der Waals surface area contributed by atoms with Gasteiger partial charge in [-0.2, -0.15) is 0 Å². The van der Waals surface area contributed by atoms with Crippen molar-refractivity contribution in [1.82, 2.24) is 10.6 Å². The molecule has 2 unspecified atom stereocenters. The molecule has 0 bridgehead atoms. The molecule has 2 atom stereocenters. The first-order chi connectivity index (χ1) is 15.2. The quantitative estimate of drug-likeness (QED) is 0.381. The molecule has 0 fully saturated rings. The summed E-state index contributed by atoms with van der Waals surface area (Å²) < 4.78 is 6.00. The number of halogens is 1. The van der Waals surface area contributed by atoms with Gasteiger partial charge >= 0.3 is 0 Å². The highest BCUT2D eigenvalue weighted by Crippen LogP contribution is 2.23. The minimum absolute atomic E-state index is 0.148. The van der Waals surface area contributed by atoms with E-state index in [-0.39, 0.29) is 12.1 Å². The highest BCUT2D eigenvalue weighted by Gasteiger charge is 2.15. The molecule has 5 heteroatoms. The average Bonchev–Trinajstić information content (AvgIpc) is 2.93. The summed E-state index contributed by atoms with van der Waals surface area (Å²) in [5.41, 5.74) is 1.89. The van der Waals surface area contributed by atoms with Crippen LogP contribution in [-0.2, 0) is 4.79 Å². The molecule has 0 saturated heterocycles. The Kier molecular flexibility index (Phi) is 10.5. The van der Waals surface area contributed by atoms with Gasteiger partial charge in [0.25, 0.3) is 0 Å². The zero-order chi connectivity index (χ0) is 22.5. The molecule has 4 nitrogen and oxygen atoms in total. The lowest BCUT2D eigenvalue weighted by Gasteiger charge is -2.24. The van der Waals surface area contributed by atoms with E-state index in [1.807, 2.05) is 74.6 Å². The summed E-state index contributed by atoms with van der Waals surface area (Å²) in [6.45, 7) is 6.07. The molecule has 2 aliphatic rings. The van der Waals surface area contributed by atoms with Crippen LogP contribution < -0.4 is 15.4 Å². The van der Waals surface area contributed by atoms with Crippen molar-refractivity contribution < 1.29 is 9.53 Å². The molecule has 2 aliphatic carbocycles. The van der Waals surface area contributed by atoms with E-state index in [1.54, 1.807) is 0 Å². The average molecular weight is 439 g/mol. The Balaban J connectivity index is 0.00000166. The molecule has 1 aromatic carbocycles. The maximum atomic E-state index is 11.2. The zero-order valence-corrected chi connectivity index (χ0v) is 19.1. The van der Waals surface area contributed by atoms with E-state index < -0.39 is 0 Å². The third kappa shape index (κ3) is 7.99. The normalized spacial score (nSPS) is 21.3. The summed E-state index contributed by atoms with van der Waals surface area (Å²) in [7, 11) is 0. The van der Waals surface area contributed by atoms with Crippen molar-refractivity contribution in [2.45, 2.75) is 39.8 Å².